The van der Waals surface area contributed by atoms with Crippen molar-refractivity contribution in [2.45, 2.75) is 0 Å². The highest BCUT2D eigenvalue weighted by molar-refractivity contribution is 6.31. The number of carbonyl (C=O) groups is 1. The van der Waals surface area contributed by atoms with E-state index in [1.165, 1.54) is 30.1 Å². The minimum absolute atomic E-state index is 0.0542. The highest BCUT2D eigenvalue weighted by Gasteiger charge is 2.23. The zero-order chi connectivity index (χ0) is 17.7. The molecule has 0 radical (unpaired) electrons. The van der Waals surface area contributed by atoms with Gasteiger partial charge in [0.05, 0.1) is 11.5 Å². The highest BCUT2D eigenvalue weighted by Crippen LogP contribution is 2.24. The van der Waals surface area contributed by atoms with Crippen LogP contribution in [-0.2, 0) is 0 Å². The van der Waals surface area contributed by atoms with Crippen molar-refractivity contribution in [3.63, 3.8) is 0 Å². The third-order valence-corrected chi connectivity index (χ3v) is 3.73. The van der Waals surface area contributed by atoms with Gasteiger partial charge in [-0.05, 0) is 36.4 Å². The second-order valence-corrected chi connectivity index (χ2v) is 5.82. The van der Waals surface area contributed by atoms with Crippen molar-refractivity contribution < 1.29 is 14.5 Å². The summed E-state index contributed by atoms with van der Waals surface area (Å²) in [5.41, 5.74) is -0.337. The largest absolute Gasteiger partial charge is 0.492 e. The van der Waals surface area contributed by atoms with E-state index in [-0.39, 0.29) is 29.4 Å². The monoisotopic (exact) mass is 368 g/mol. The number of nitro groups is 1. The SMILES string of the molecule is CN(CCOc1ccc(Cl)cc1)C(=O)c1cc(Cl)ccc1[N+](=O)[O-]. The lowest BCUT2D eigenvalue weighted by Gasteiger charge is -2.17. The molecule has 0 aromatic heterocycles. The molecule has 0 unspecified atom stereocenters. The molecular weight excluding hydrogens is 355 g/mol. The van der Waals surface area contributed by atoms with Crippen LogP contribution < -0.4 is 4.74 Å². The molecule has 0 heterocycles. The minimum Gasteiger partial charge on any atom is -0.492 e. The molecule has 1 amide bonds. The zero-order valence-electron chi connectivity index (χ0n) is 12.7. The van der Waals surface area contributed by atoms with Gasteiger partial charge in [-0.25, -0.2) is 0 Å². The number of benzene rings is 2. The van der Waals surface area contributed by atoms with Crippen LogP contribution in [0.5, 0.6) is 5.75 Å². The fourth-order valence-corrected chi connectivity index (χ4v) is 2.28. The molecule has 0 spiro atoms. The van der Waals surface area contributed by atoms with Crippen LogP contribution >= 0.6 is 23.2 Å². The topological polar surface area (TPSA) is 72.7 Å². The first-order valence-corrected chi connectivity index (χ1v) is 7.72. The first-order chi connectivity index (χ1) is 11.4. The van der Waals surface area contributed by atoms with Crippen molar-refractivity contribution in [2.75, 3.05) is 20.2 Å². The van der Waals surface area contributed by atoms with Crippen LogP contribution in [-0.4, -0.2) is 35.9 Å². The molecule has 0 bridgehead atoms. The summed E-state index contributed by atoms with van der Waals surface area (Å²) in [6.45, 7) is 0.489. The number of rotatable bonds is 6. The predicted molar refractivity (Wildman–Crippen MR) is 92.0 cm³/mol. The molecule has 0 aliphatic rings. The predicted octanol–water partition coefficient (Wildman–Crippen LogP) is 4.05. The van der Waals surface area contributed by atoms with E-state index in [1.54, 1.807) is 24.3 Å². The number of amides is 1. The fraction of sp³-hybridized carbons (Fsp3) is 0.188. The van der Waals surface area contributed by atoms with Crippen molar-refractivity contribution in [1.29, 1.82) is 0 Å². The van der Waals surface area contributed by atoms with Gasteiger partial charge in [-0.2, -0.15) is 0 Å². The first-order valence-electron chi connectivity index (χ1n) is 6.96. The number of nitrogens with zero attached hydrogens (tertiary/aromatic N) is 2. The minimum atomic E-state index is -0.610. The van der Waals surface area contributed by atoms with Gasteiger partial charge in [-0.15, -0.1) is 0 Å². The second kappa shape index (κ2) is 7.99. The van der Waals surface area contributed by atoms with Crippen LogP contribution in [0.2, 0.25) is 10.0 Å². The summed E-state index contributed by atoms with van der Waals surface area (Å²) in [6.07, 6.45) is 0. The van der Waals surface area contributed by atoms with E-state index in [4.69, 9.17) is 27.9 Å². The molecule has 0 aliphatic heterocycles. The smallest absolute Gasteiger partial charge is 0.282 e. The van der Waals surface area contributed by atoms with Crippen molar-refractivity contribution in [1.82, 2.24) is 4.90 Å². The van der Waals surface area contributed by atoms with Crippen LogP contribution in [0.1, 0.15) is 10.4 Å². The van der Waals surface area contributed by atoms with E-state index >= 15 is 0 Å². The van der Waals surface area contributed by atoms with Crippen molar-refractivity contribution in [3.05, 3.63) is 68.2 Å². The second-order valence-electron chi connectivity index (χ2n) is 4.95. The van der Waals surface area contributed by atoms with Crippen LogP contribution in [0.3, 0.4) is 0 Å². The summed E-state index contributed by atoms with van der Waals surface area (Å²) in [5, 5.41) is 11.9. The third-order valence-electron chi connectivity index (χ3n) is 3.24. The van der Waals surface area contributed by atoms with Gasteiger partial charge in [0.1, 0.15) is 17.9 Å². The molecule has 8 heteroatoms. The molecule has 2 aromatic carbocycles. The molecule has 6 nitrogen and oxygen atoms in total. The first kappa shape index (κ1) is 18.0. The summed E-state index contributed by atoms with van der Waals surface area (Å²) < 4.78 is 5.51. The maximum Gasteiger partial charge on any atom is 0.282 e. The number of halogens is 2. The van der Waals surface area contributed by atoms with Crippen molar-refractivity contribution in [3.8, 4) is 5.75 Å². The molecule has 0 fully saturated rings. The molecule has 24 heavy (non-hydrogen) atoms. The Balaban J connectivity index is 2.00. The van der Waals surface area contributed by atoms with Gasteiger partial charge in [0.15, 0.2) is 0 Å². The number of hydrogen-bond donors (Lipinski definition) is 0. The normalized spacial score (nSPS) is 10.3. The van der Waals surface area contributed by atoms with Gasteiger partial charge in [0.25, 0.3) is 11.6 Å². The van der Waals surface area contributed by atoms with Crippen molar-refractivity contribution >= 4 is 34.8 Å². The summed E-state index contributed by atoms with van der Waals surface area (Å²) in [7, 11) is 1.54. The maximum atomic E-state index is 12.4. The Kier molecular flexibility index (Phi) is 6.00. The van der Waals surface area contributed by atoms with E-state index in [0.29, 0.717) is 10.8 Å². The Hall–Kier alpha value is -2.31. The number of carbonyl (C=O) groups excluding carboxylic acids is 1. The van der Waals surface area contributed by atoms with Crippen LogP contribution in [0.25, 0.3) is 0 Å². The van der Waals surface area contributed by atoms with Gasteiger partial charge >= 0.3 is 0 Å². The molecule has 126 valence electrons. The Bertz CT molecular complexity index is 750. The van der Waals surface area contributed by atoms with Gasteiger partial charge in [0, 0.05) is 23.2 Å². The molecule has 0 aliphatic carbocycles. The van der Waals surface area contributed by atoms with Gasteiger partial charge in [-0.1, -0.05) is 23.2 Å². The number of likely N-dealkylation sites (N-methyl/N-ethyl adjacent to an activating group) is 1. The highest BCUT2D eigenvalue weighted by atomic mass is 35.5. The quantitative estimate of drug-likeness (QED) is 0.569. The van der Waals surface area contributed by atoms with E-state index in [9.17, 15) is 14.9 Å². The Morgan fingerprint density at radius 2 is 1.79 bits per heavy atom. The average molecular weight is 369 g/mol. The average Bonchev–Trinajstić information content (AvgIpc) is 2.55. The molecule has 0 atom stereocenters. The maximum absolute atomic E-state index is 12.4. The van der Waals surface area contributed by atoms with Crippen molar-refractivity contribution in [2.24, 2.45) is 0 Å². The Morgan fingerprint density at radius 3 is 2.42 bits per heavy atom. The molecule has 0 saturated heterocycles. The number of nitro benzene ring substituents is 1. The summed E-state index contributed by atoms with van der Waals surface area (Å²) >= 11 is 11.6. The van der Waals surface area contributed by atoms with E-state index < -0.39 is 10.8 Å². The van der Waals surface area contributed by atoms with Gasteiger partial charge in [0.2, 0.25) is 0 Å². The third kappa shape index (κ3) is 4.59. The standard InChI is InChI=1S/C16H14Cl2N2O4/c1-19(8-9-24-13-5-2-11(17)3-6-13)16(21)14-10-12(18)4-7-15(14)20(22)23/h2-7,10H,8-9H2,1H3. The zero-order valence-corrected chi connectivity index (χ0v) is 14.3. The summed E-state index contributed by atoms with van der Waals surface area (Å²) in [5.74, 6) is 0.123. The van der Waals surface area contributed by atoms with E-state index in [2.05, 4.69) is 0 Å². The lowest BCUT2D eigenvalue weighted by Crippen LogP contribution is -2.31. The van der Waals surface area contributed by atoms with Crippen LogP contribution in [0.15, 0.2) is 42.5 Å². The molecule has 2 rings (SSSR count). The van der Waals surface area contributed by atoms with E-state index in [1.807, 2.05) is 0 Å². The fourth-order valence-electron chi connectivity index (χ4n) is 1.98. The number of ether oxygens (including phenoxy) is 1. The molecule has 0 saturated carbocycles. The molecular formula is C16H14Cl2N2O4. The lowest BCUT2D eigenvalue weighted by atomic mass is 10.1. The van der Waals surface area contributed by atoms with Gasteiger partial charge in [-0.3, -0.25) is 14.9 Å². The Labute approximate surface area is 148 Å². The van der Waals surface area contributed by atoms with E-state index in [0.717, 1.165) is 0 Å². The molecule has 2 aromatic rings. The van der Waals surface area contributed by atoms with Crippen LogP contribution in [0, 0.1) is 10.1 Å². The summed E-state index contributed by atoms with van der Waals surface area (Å²) in [4.78, 5) is 24.2. The lowest BCUT2D eigenvalue weighted by molar-refractivity contribution is -0.385. The van der Waals surface area contributed by atoms with Crippen LogP contribution in [0.4, 0.5) is 5.69 Å². The number of hydrogen-bond acceptors (Lipinski definition) is 4. The summed E-state index contributed by atoms with van der Waals surface area (Å²) in [6, 6.07) is 10.7. The van der Waals surface area contributed by atoms with Gasteiger partial charge < -0.3 is 9.64 Å². The molecule has 0 N–H and O–H groups in total. The Morgan fingerprint density at radius 1 is 1.17 bits per heavy atom.